The first-order valence-electron chi connectivity index (χ1n) is 5.25. The van der Waals surface area contributed by atoms with Crippen LogP contribution in [0, 0.1) is 0 Å². The summed E-state index contributed by atoms with van der Waals surface area (Å²) in [7, 11) is 0. The van der Waals surface area contributed by atoms with Crippen molar-refractivity contribution in [1.82, 2.24) is 0 Å². The topological polar surface area (TPSA) is 66.8 Å². The summed E-state index contributed by atoms with van der Waals surface area (Å²) in [6.07, 6.45) is 5.37. The third-order valence-corrected chi connectivity index (χ3v) is 1.57. The minimum absolute atomic E-state index is 0.241. The van der Waals surface area contributed by atoms with Crippen LogP contribution in [-0.2, 0) is 9.53 Å². The maximum atomic E-state index is 10.1. The number of hydrogen-bond donors (Lipinski definition) is 2. The summed E-state index contributed by atoms with van der Waals surface area (Å²) in [5.74, 6) is -0.241. The lowest BCUT2D eigenvalue weighted by molar-refractivity contribution is -0.137. The van der Waals surface area contributed by atoms with Crippen LogP contribution >= 0.6 is 0 Å². The van der Waals surface area contributed by atoms with E-state index in [1.807, 2.05) is 0 Å². The second-order valence-electron chi connectivity index (χ2n) is 2.87. The van der Waals surface area contributed by atoms with E-state index in [0.717, 1.165) is 31.9 Å². The molecule has 0 atom stereocenters. The summed E-state index contributed by atoms with van der Waals surface area (Å²) in [5, 5.41) is 16.6. The standard InChI is InChI=1S/C6H14O2.C5H8O2/c7-5-3-1-2-4-6-8;1-3-5(6)7-4-2/h7-8H,1-6H2;4H,2-3H2,1H3. The van der Waals surface area contributed by atoms with Crippen molar-refractivity contribution in [3.8, 4) is 0 Å². The lowest BCUT2D eigenvalue weighted by Crippen LogP contribution is -1.94. The second-order valence-corrected chi connectivity index (χ2v) is 2.87. The molecule has 0 radical (unpaired) electrons. The quantitative estimate of drug-likeness (QED) is 0.387. The first-order valence-corrected chi connectivity index (χ1v) is 5.25. The molecule has 15 heavy (non-hydrogen) atoms. The van der Waals surface area contributed by atoms with Crippen LogP contribution in [0.15, 0.2) is 12.8 Å². The summed E-state index contributed by atoms with van der Waals surface area (Å²) in [4.78, 5) is 10.1. The van der Waals surface area contributed by atoms with Gasteiger partial charge < -0.3 is 14.9 Å². The summed E-state index contributed by atoms with van der Waals surface area (Å²) < 4.78 is 4.32. The van der Waals surface area contributed by atoms with Crippen LogP contribution in [0.25, 0.3) is 0 Å². The zero-order valence-corrected chi connectivity index (χ0v) is 9.45. The number of carbonyl (C=O) groups excluding carboxylic acids is 1. The van der Waals surface area contributed by atoms with Crippen molar-refractivity contribution >= 4 is 5.97 Å². The molecule has 0 aromatic heterocycles. The Morgan fingerprint density at radius 2 is 1.67 bits per heavy atom. The molecule has 0 bridgehead atoms. The molecule has 0 saturated carbocycles. The zero-order chi connectivity index (χ0) is 11.9. The van der Waals surface area contributed by atoms with Crippen LogP contribution in [0.2, 0.25) is 0 Å². The van der Waals surface area contributed by atoms with Crippen molar-refractivity contribution in [3.63, 3.8) is 0 Å². The highest BCUT2D eigenvalue weighted by atomic mass is 16.5. The van der Waals surface area contributed by atoms with Crippen molar-refractivity contribution in [2.24, 2.45) is 0 Å². The van der Waals surface area contributed by atoms with Gasteiger partial charge in [-0.2, -0.15) is 0 Å². The Morgan fingerprint density at radius 3 is 1.87 bits per heavy atom. The molecule has 4 heteroatoms. The second kappa shape index (κ2) is 15.6. The Labute approximate surface area is 91.6 Å². The summed E-state index contributed by atoms with van der Waals surface area (Å²) >= 11 is 0. The molecule has 4 nitrogen and oxygen atoms in total. The number of unbranched alkanes of at least 4 members (excludes halogenated alkanes) is 3. The highest BCUT2D eigenvalue weighted by Crippen LogP contribution is 1.96. The Balaban J connectivity index is 0. The highest BCUT2D eigenvalue weighted by Gasteiger charge is 1.89. The van der Waals surface area contributed by atoms with Crippen molar-refractivity contribution in [1.29, 1.82) is 0 Å². The van der Waals surface area contributed by atoms with Gasteiger partial charge in [0.05, 0.1) is 6.26 Å². The van der Waals surface area contributed by atoms with Gasteiger partial charge in [-0.05, 0) is 12.8 Å². The number of aliphatic hydroxyl groups is 2. The van der Waals surface area contributed by atoms with Gasteiger partial charge in [0.2, 0.25) is 0 Å². The van der Waals surface area contributed by atoms with Gasteiger partial charge in [-0.15, -0.1) is 0 Å². The third-order valence-electron chi connectivity index (χ3n) is 1.57. The number of esters is 1. The van der Waals surface area contributed by atoms with Gasteiger partial charge in [-0.1, -0.05) is 26.3 Å². The van der Waals surface area contributed by atoms with E-state index in [9.17, 15) is 4.79 Å². The largest absolute Gasteiger partial charge is 0.435 e. The Bertz CT molecular complexity index is 140. The first kappa shape index (κ1) is 16.6. The van der Waals surface area contributed by atoms with E-state index in [2.05, 4.69) is 11.3 Å². The van der Waals surface area contributed by atoms with E-state index in [0.29, 0.717) is 6.42 Å². The van der Waals surface area contributed by atoms with Crippen LogP contribution in [-0.4, -0.2) is 29.4 Å². The summed E-state index contributed by atoms with van der Waals surface area (Å²) in [5.41, 5.74) is 0. The van der Waals surface area contributed by atoms with E-state index in [1.165, 1.54) is 0 Å². The van der Waals surface area contributed by atoms with Crippen molar-refractivity contribution in [2.45, 2.75) is 39.0 Å². The Kier molecular flexibility index (Phi) is 17.2. The van der Waals surface area contributed by atoms with Gasteiger partial charge in [0.15, 0.2) is 0 Å². The van der Waals surface area contributed by atoms with Crippen LogP contribution in [0.1, 0.15) is 39.0 Å². The van der Waals surface area contributed by atoms with Gasteiger partial charge in [0.25, 0.3) is 0 Å². The number of aliphatic hydroxyl groups excluding tert-OH is 2. The maximum Gasteiger partial charge on any atom is 0.310 e. The van der Waals surface area contributed by atoms with Crippen molar-refractivity contribution in [2.75, 3.05) is 13.2 Å². The Morgan fingerprint density at radius 1 is 1.20 bits per heavy atom. The normalized spacial score (nSPS) is 8.73. The summed E-state index contributed by atoms with van der Waals surface area (Å²) in [6.45, 7) is 5.50. The molecule has 0 aromatic carbocycles. The average Bonchev–Trinajstić information content (AvgIpc) is 2.26. The molecule has 0 aliphatic carbocycles. The molecule has 0 spiro atoms. The average molecular weight is 218 g/mol. The minimum Gasteiger partial charge on any atom is -0.435 e. The minimum atomic E-state index is -0.241. The van der Waals surface area contributed by atoms with Crippen LogP contribution in [0.3, 0.4) is 0 Å². The van der Waals surface area contributed by atoms with Crippen LogP contribution < -0.4 is 0 Å². The molecule has 90 valence electrons. The molecular formula is C11H22O4. The fourth-order valence-electron chi connectivity index (χ4n) is 0.753. The Hall–Kier alpha value is -0.870. The molecule has 0 rings (SSSR count). The third kappa shape index (κ3) is 19.5. The molecule has 0 fully saturated rings. The highest BCUT2D eigenvalue weighted by molar-refractivity contribution is 5.69. The lowest BCUT2D eigenvalue weighted by Gasteiger charge is -1.93. The van der Waals surface area contributed by atoms with Gasteiger partial charge in [-0.3, -0.25) is 4.79 Å². The van der Waals surface area contributed by atoms with Crippen LogP contribution in [0.4, 0.5) is 0 Å². The van der Waals surface area contributed by atoms with E-state index in [4.69, 9.17) is 10.2 Å². The zero-order valence-electron chi connectivity index (χ0n) is 9.45. The van der Waals surface area contributed by atoms with Crippen molar-refractivity contribution in [3.05, 3.63) is 12.8 Å². The first-order chi connectivity index (χ1) is 7.22. The SMILES string of the molecule is C=COC(=O)CC.OCCCCCCO. The van der Waals surface area contributed by atoms with E-state index >= 15 is 0 Å². The molecular weight excluding hydrogens is 196 g/mol. The smallest absolute Gasteiger partial charge is 0.310 e. The van der Waals surface area contributed by atoms with Crippen LogP contribution in [0.5, 0.6) is 0 Å². The molecule has 2 N–H and O–H groups in total. The molecule has 0 unspecified atom stereocenters. The molecule has 0 aliphatic rings. The number of rotatable bonds is 7. The fraction of sp³-hybridized carbons (Fsp3) is 0.727. The molecule has 0 aliphatic heterocycles. The molecule has 0 aromatic rings. The molecule has 0 amide bonds. The predicted molar refractivity (Wildman–Crippen MR) is 59.2 cm³/mol. The number of carbonyl (C=O) groups is 1. The van der Waals surface area contributed by atoms with E-state index in [1.54, 1.807) is 6.92 Å². The number of ether oxygens (including phenoxy) is 1. The van der Waals surface area contributed by atoms with Gasteiger partial charge in [0.1, 0.15) is 0 Å². The number of hydrogen-bond acceptors (Lipinski definition) is 4. The van der Waals surface area contributed by atoms with E-state index in [-0.39, 0.29) is 19.2 Å². The van der Waals surface area contributed by atoms with Gasteiger partial charge in [0, 0.05) is 19.6 Å². The van der Waals surface area contributed by atoms with Gasteiger partial charge in [-0.25, -0.2) is 0 Å². The monoisotopic (exact) mass is 218 g/mol. The lowest BCUT2D eigenvalue weighted by atomic mass is 10.2. The maximum absolute atomic E-state index is 10.1. The molecule has 0 saturated heterocycles. The van der Waals surface area contributed by atoms with Crippen molar-refractivity contribution < 1.29 is 19.7 Å². The molecule has 0 heterocycles. The summed E-state index contributed by atoms with van der Waals surface area (Å²) in [6, 6.07) is 0. The fourth-order valence-corrected chi connectivity index (χ4v) is 0.753. The van der Waals surface area contributed by atoms with Gasteiger partial charge >= 0.3 is 5.97 Å². The predicted octanol–water partition coefficient (Wildman–Crippen LogP) is 1.61. The van der Waals surface area contributed by atoms with E-state index < -0.39 is 0 Å².